The summed E-state index contributed by atoms with van der Waals surface area (Å²) in [5.41, 5.74) is 0.243. The number of aliphatic hydroxyl groups excluding tert-OH is 1. The van der Waals surface area contributed by atoms with Crippen LogP contribution in [0.1, 0.15) is 26.3 Å². The standard InChI is InChI=1S/C27H29N5O6S/c1-27(2,3)19-16-18(26-29-11-7-12-30-26)25(39(34,35)32-22-10-13-28-17-31-22)24(37-15-14-33)23(19)38-21-9-6-5-8-20(21)36-4/h5-13,16-17,33H,14-15H2,1-4H3,(H,28,31,32). The molecule has 2 N–H and O–H groups in total. The molecule has 2 aromatic heterocycles. The Bertz CT molecular complexity index is 1530. The van der Waals surface area contributed by atoms with Crippen molar-refractivity contribution in [3.8, 4) is 34.4 Å². The Morgan fingerprint density at radius 1 is 0.949 bits per heavy atom. The summed E-state index contributed by atoms with van der Waals surface area (Å²) in [6.45, 7) is 5.29. The zero-order chi connectivity index (χ0) is 28.0. The van der Waals surface area contributed by atoms with Crippen LogP contribution < -0.4 is 18.9 Å². The van der Waals surface area contributed by atoms with Crippen LogP contribution in [0.5, 0.6) is 23.0 Å². The van der Waals surface area contributed by atoms with E-state index >= 15 is 0 Å². The van der Waals surface area contributed by atoms with Crippen molar-refractivity contribution >= 4 is 15.8 Å². The van der Waals surface area contributed by atoms with Gasteiger partial charge >= 0.3 is 0 Å². The van der Waals surface area contributed by atoms with Crippen LogP contribution in [-0.2, 0) is 15.4 Å². The molecule has 4 rings (SSSR count). The summed E-state index contributed by atoms with van der Waals surface area (Å²) in [4.78, 5) is 16.2. The molecule has 0 unspecified atom stereocenters. The Kier molecular flexibility index (Phi) is 8.27. The molecule has 0 spiro atoms. The number of aliphatic hydroxyl groups is 1. The van der Waals surface area contributed by atoms with Crippen LogP contribution in [0, 0.1) is 0 Å². The second-order valence-corrected chi connectivity index (χ2v) is 10.9. The normalized spacial score (nSPS) is 11.6. The van der Waals surface area contributed by atoms with Gasteiger partial charge in [0.2, 0.25) is 0 Å². The van der Waals surface area contributed by atoms with Crippen molar-refractivity contribution in [1.29, 1.82) is 0 Å². The first kappa shape index (κ1) is 27.7. The highest BCUT2D eigenvalue weighted by atomic mass is 32.2. The van der Waals surface area contributed by atoms with Crippen LogP contribution in [0.15, 0.2) is 72.3 Å². The van der Waals surface area contributed by atoms with Gasteiger partial charge in [0.15, 0.2) is 28.8 Å². The van der Waals surface area contributed by atoms with E-state index in [0.29, 0.717) is 17.1 Å². The third kappa shape index (κ3) is 6.24. The summed E-state index contributed by atoms with van der Waals surface area (Å²) in [6.07, 6.45) is 5.66. The maximum atomic E-state index is 14.0. The largest absolute Gasteiger partial charge is 0.493 e. The third-order valence-electron chi connectivity index (χ3n) is 5.51. The monoisotopic (exact) mass is 551 g/mol. The number of anilines is 1. The number of aromatic nitrogens is 4. The average Bonchev–Trinajstić information content (AvgIpc) is 2.92. The van der Waals surface area contributed by atoms with Crippen LogP contribution in [0.2, 0.25) is 0 Å². The van der Waals surface area contributed by atoms with Crippen molar-refractivity contribution in [3.63, 3.8) is 0 Å². The molecule has 0 fully saturated rings. The van der Waals surface area contributed by atoms with E-state index in [1.54, 1.807) is 36.4 Å². The second kappa shape index (κ2) is 11.6. The van der Waals surface area contributed by atoms with E-state index in [2.05, 4.69) is 24.7 Å². The fourth-order valence-corrected chi connectivity index (χ4v) is 5.12. The summed E-state index contributed by atoms with van der Waals surface area (Å²) in [6, 6.07) is 11.7. The molecule has 12 heteroatoms. The first-order valence-corrected chi connectivity index (χ1v) is 13.5. The predicted octanol–water partition coefficient (Wildman–Crippen LogP) is 4.20. The van der Waals surface area contributed by atoms with Gasteiger partial charge in [0.05, 0.1) is 13.7 Å². The molecular formula is C27H29N5O6S. The molecule has 0 saturated heterocycles. The van der Waals surface area contributed by atoms with E-state index in [0.717, 1.165) is 0 Å². The average molecular weight is 552 g/mol. The molecule has 39 heavy (non-hydrogen) atoms. The highest BCUT2D eigenvalue weighted by Gasteiger charge is 2.35. The van der Waals surface area contributed by atoms with Crippen molar-refractivity contribution < 1.29 is 27.7 Å². The first-order valence-electron chi connectivity index (χ1n) is 12.0. The van der Waals surface area contributed by atoms with Gasteiger partial charge in [-0.15, -0.1) is 0 Å². The number of methoxy groups -OCH3 is 1. The number of para-hydroxylation sites is 2. The van der Waals surface area contributed by atoms with Crippen molar-refractivity contribution in [2.24, 2.45) is 0 Å². The molecule has 0 amide bonds. The molecule has 0 atom stereocenters. The molecule has 4 aromatic rings. The number of nitrogens with zero attached hydrogens (tertiary/aromatic N) is 4. The van der Waals surface area contributed by atoms with E-state index in [1.807, 2.05) is 20.8 Å². The SMILES string of the molecule is COc1ccccc1Oc1c(C(C)(C)C)cc(-c2ncccn2)c(S(=O)(=O)Nc2ccncn2)c1OCCO. The van der Waals surface area contributed by atoms with Gasteiger partial charge in [0, 0.05) is 29.7 Å². The Hall–Kier alpha value is -4.29. The number of benzene rings is 2. The van der Waals surface area contributed by atoms with Gasteiger partial charge in [0.1, 0.15) is 23.6 Å². The van der Waals surface area contributed by atoms with Crippen LogP contribution in [-0.4, -0.2) is 53.8 Å². The maximum absolute atomic E-state index is 14.0. The van der Waals surface area contributed by atoms with Gasteiger partial charge < -0.3 is 19.3 Å². The van der Waals surface area contributed by atoms with Gasteiger partial charge in [-0.2, -0.15) is 0 Å². The minimum atomic E-state index is -4.38. The highest BCUT2D eigenvalue weighted by molar-refractivity contribution is 7.93. The van der Waals surface area contributed by atoms with Gasteiger partial charge in [-0.3, -0.25) is 4.72 Å². The predicted molar refractivity (Wildman–Crippen MR) is 145 cm³/mol. The topological polar surface area (TPSA) is 146 Å². The van der Waals surface area contributed by atoms with Gasteiger partial charge in [-0.05, 0) is 35.7 Å². The molecule has 0 aliphatic heterocycles. The van der Waals surface area contributed by atoms with Crippen LogP contribution in [0.25, 0.3) is 11.4 Å². The summed E-state index contributed by atoms with van der Waals surface area (Å²) >= 11 is 0. The van der Waals surface area contributed by atoms with Crippen molar-refractivity contribution in [2.45, 2.75) is 31.1 Å². The molecule has 2 aromatic carbocycles. The van der Waals surface area contributed by atoms with E-state index in [9.17, 15) is 13.5 Å². The third-order valence-corrected chi connectivity index (χ3v) is 6.93. The van der Waals surface area contributed by atoms with E-state index < -0.39 is 15.4 Å². The molecule has 11 nitrogen and oxygen atoms in total. The van der Waals surface area contributed by atoms with E-state index in [-0.39, 0.29) is 46.8 Å². The lowest BCUT2D eigenvalue weighted by Crippen LogP contribution is -2.21. The summed E-state index contributed by atoms with van der Waals surface area (Å²) in [5.74, 6) is 1.00. The van der Waals surface area contributed by atoms with Crippen molar-refractivity contribution in [2.75, 3.05) is 25.0 Å². The minimum Gasteiger partial charge on any atom is -0.493 e. The highest BCUT2D eigenvalue weighted by Crippen LogP contribution is 2.50. The molecular weight excluding hydrogens is 522 g/mol. The van der Waals surface area contributed by atoms with Crippen LogP contribution in [0.4, 0.5) is 5.82 Å². The molecule has 0 saturated carbocycles. The quantitative estimate of drug-likeness (QED) is 0.294. The van der Waals surface area contributed by atoms with Gasteiger partial charge in [-0.1, -0.05) is 32.9 Å². The Labute approximate surface area is 226 Å². The fourth-order valence-electron chi connectivity index (χ4n) is 3.78. The summed E-state index contributed by atoms with van der Waals surface area (Å²) in [7, 11) is -2.88. The van der Waals surface area contributed by atoms with Gasteiger partial charge in [0.25, 0.3) is 10.0 Å². The second-order valence-electron chi connectivity index (χ2n) is 9.31. The zero-order valence-electron chi connectivity index (χ0n) is 22.0. The lowest BCUT2D eigenvalue weighted by molar-refractivity contribution is 0.194. The molecule has 204 valence electrons. The number of sulfonamides is 1. The zero-order valence-corrected chi connectivity index (χ0v) is 22.8. The molecule has 0 aliphatic carbocycles. The van der Waals surface area contributed by atoms with E-state index in [4.69, 9.17) is 14.2 Å². The van der Waals surface area contributed by atoms with Crippen LogP contribution in [0.3, 0.4) is 0 Å². The van der Waals surface area contributed by atoms with E-state index in [1.165, 1.54) is 38.1 Å². The van der Waals surface area contributed by atoms with Crippen molar-refractivity contribution in [1.82, 2.24) is 19.9 Å². The molecule has 2 heterocycles. The summed E-state index contributed by atoms with van der Waals surface area (Å²) < 4.78 is 48.3. The van der Waals surface area contributed by atoms with Crippen LogP contribution >= 0.6 is 0 Å². The Morgan fingerprint density at radius 3 is 2.28 bits per heavy atom. The molecule has 0 bridgehead atoms. The lowest BCUT2D eigenvalue weighted by Gasteiger charge is -2.28. The molecule has 0 radical (unpaired) electrons. The van der Waals surface area contributed by atoms with Gasteiger partial charge in [-0.25, -0.2) is 28.4 Å². The number of hydrogen-bond donors (Lipinski definition) is 2. The smallest absolute Gasteiger partial charge is 0.267 e. The number of ether oxygens (including phenoxy) is 3. The Balaban J connectivity index is 2.08. The summed E-state index contributed by atoms with van der Waals surface area (Å²) in [5, 5.41) is 9.64. The minimum absolute atomic E-state index is 0.0464. The maximum Gasteiger partial charge on any atom is 0.267 e. The number of nitrogens with one attached hydrogen (secondary N) is 1. The molecule has 0 aliphatic rings. The number of hydrogen-bond acceptors (Lipinski definition) is 10. The lowest BCUT2D eigenvalue weighted by atomic mass is 9.84. The van der Waals surface area contributed by atoms with Crippen molar-refractivity contribution in [3.05, 3.63) is 72.9 Å². The Morgan fingerprint density at radius 2 is 1.67 bits per heavy atom. The number of rotatable bonds is 10. The fraction of sp³-hybridized carbons (Fsp3) is 0.259. The first-order chi connectivity index (χ1) is 18.7.